The van der Waals surface area contributed by atoms with Gasteiger partial charge in [0.2, 0.25) is 0 Å². The number of nitrogens with zero attached hydrogens (tertiary/aromatic N) is 4. The Morgan fingerprint density at radius 2 is 1.85 bits per heavy atom. The summed E-state index contributed by atoms with van der Waals surface area (Å²) in [6.07, 6.45) is 9.91. The number of carbonyl (C=O) groups excluding carboxylic acids is 1. The van der Waals surface area contributed by atoms with E-state index in [4.69, 9.17) is 4.98 Å². The van der Waals surface area contributed by atoms with Gasteiger partial charge in [0.05, 0.1) is 16.8 Å². The third kappa shape index (κ3) is 4.58. The smallest absolute Gasteiger partial charge is 0.254 e. The zero-order valence-corrected chi connectivity index (χ0v) is 20.7. The van der Waals surface area contributed by atoms with Gasteiger partial charge in [-0.05, 0) is 86.5 Å². The van der Waals surface area contributed by atoms with Gasteiger partial charge in [0, 0.05) is 43.0 Å². The molecule has 2 aliphatic heterocycles. The van der Waals surface area contributed by atoms with Crippen LogP contribution in [-0.4, -0.2) is 58.4 Å². The number of fused-ring (bicyclic) bond motifs is 2. The molecule has 3 aromatic rings. The van der Waals surface area contributed by atoms with Crippen molar-refractivity contribution >= 4 is 16.8 Å². The first-order valence-electron chi connectivity index (χ1n) is 12.9. The highest BCUT2D eigenvalue weighted by Crippen LogP contribution is 2.32. The van der Waals surface area contributed by atoms with Crippen LogP contribution in [-0.2, 0) is 0 Å². The Labute approximate surface area is 203 Å². The Hall–Kier alpha value is -2.79. The summed E-state index contributed by atoms with van der Waals surface area (Å²) in [6.45, 7) is 7.64. The van der Waals surface area contributed by atoms with Gasteiger partial charge in [-0.1, -0.05) is 26.3 Å². The van der Waals surface area contributed by atoms with E-state index in [2.05, 4.69) is 41.9 Å². The molecule has 178 valence electrons. The third-order valence-electron chi connectivity index (χ3n) is 7.79. The fourth-order valence-electron chi connectivity index (χ4n) is 5.88. The molecular formula is C29H36N4O. The van der Waals surface area contributed by atoms with E-state index < -0.39 is 0 Å². The number of hydrogen-bond acceptors (Lipinski definition) is 4. The summed E-state index contributed by atoms with van der Waals surface area (Å²) in [5.41, 5.74) is 4.64. The van der Waals surface area contributed by atoms with Gasteiger partial charge in [-0.3, -0.25) is 9.78 Å². The molecule has 0 radical (unpaired) electrons. The van der Waals surface area contributed by atoms with Crippen molar-refractivity contribution in [1.82, 2.24) is 19.8 Å². The summed E-state index contributed by atoms with van der Waals surface area (Å²) in [5, 5.41) is 0.948. The van der Waals surface area contributed by atoms with E-state index in [1.54, 1.807) is 12.4 Å². The van der Waals surface area contributed by atoms with Crippen LogP contribution in [0, 0.1) is 5.92 Å². The standard InChI is InChI=1S/C29H36N4O/c1-20(2)22-9-10-26-24(17-22)25(18-27(31-26)21-11-13-30-14-12-21)29(34)32(3)19-23-7-6-16-33-15-5-4-8-28(23)33/h9-14,17-18,20,23,28H,4-8,15-16,19H2,1-3H3. The molecular weight excluding hydrogens is 420 g/mol. The maximum absolute atomic E-state index is 13.9. The van der Waals surface area contributed by atoms with Gasteiger partial charge in [-0.2, -0.15) is 0 Å². The molecule has 2 fully saturated rings. The van der Waals surface area contributed by atoms with Gasteiger partial charge < -0.3 is 9.80 Å². The number of aromatic nitrogens is 2. The molecule has 4 heterocycles. The lowest BCUT2D eigenvalue weighted by atomic mass is 9.83. The SMILES string of the molecule is CC(C)c1ccc2nc(-c3ccncc3)cc(C(=O)N(C)CC3CCCN4CCCCC34)c2c1. The van der Waals surface area contributed by atoms with Crippen molar-refractivity contribution in [2.45, 2.75) is 57.9 Å². The minimum atomic E-state index is 0.0940. The molecule has 0 saturated carbocycles. The maximum atomic E-state index is 13.9. The summed E-state index contributed by atoms with van der Waals surface area (Å²) in [5.74, 6) is 1.04. The molecule has 2 atom stereocenters. The maximum Gasteiger partial charge on any atom is 0.254 e. The van der Waals surface area contributed by atoms with Crippen molar-refractivity contribution in [3.05, 3.63) is 59.9 Å². The van der Waals surface area contributed by atoms with E-state index in [1.165, 1.54) is 50.8 Å². The first-order valence-corrected chi connectivity index (χ1v) is 12.9. The van der Waals surface area contributed by atoms with E-state index in [0.717, 1.165) is 34.3 Å². The molecule has 5 heteroatoms. The van der Waals surface area contributed by atoms with Crippen LogP contribution in [0.1, 0.15) is 67.8 Å². The Kier molecular flexibility index (Phi) is 6.64. The Bertz CT molecular complexity index is 1160. The largest absolute Gasteiger partial charge is 0.341 e. The molecule has 0 N–H and O–H groups in total. The number of hydrogen-bond donors (Lipinski definition) is 0. The fourth-order valence-corrected chi connectivity index (χ4v) is 5.88. The summed E-state index contributed by atoms with van der Waals surface area (Å²) in [7, 11) is 1.98. The van der Waals surface area contributed by atoms with E-state index in [0.29, 0.717) is 17.9 Å². The normalized spacial score (nSPS) is 20.9. The lowest BCUT2D eigenvalue weighted by molar-refractivity contribution is 0.0403. The average molecular weight is 457 g/mol. The van der Waals surface area contributed by atoms with Crippen LogP contribution in [0.4, 0.5) is 0 Å². The van der Waals surface area contributed by atoms with Crippen LogP contribution in [0.5, 0.6) is 0 Å². The number of benzene rings is 1. The van der Waals surface area contributed by atoms with Crippen LogP contribution in [0.25, 0.3) is 22.2 Å². The van der Waals surface area contributed by atoms with Crippen molar-refractivity contribution in [1.29, 1.82) is 0 Å². The number of carbonyl (C=O) groups is 1. The zero-order valence-electron chi connectivity index (χ0n) is 20.7. The highest BCUT2D eigenvalue weighted by atomic mass is 16.2. The number of pyridine rings is 2. The van der Waals surface area contributed by atoms with Crippen LogP contribution >= 0.6 is 0 Å². The molecule has 34 heavy (non-hydrogen) atoms. The minimum Gasteiger partial charge on any atom is -0.341 e. The molecule has 2 unspecified atom stereocenters. The molecule has 0 aliphatic carbocycles. The number of amides is 1. The first-order chi connectivity index (χ1) is 16.5. The van der Waals surface area contributed by atoms with E-state index in [-0.39, 0.29) is 5.91 Å². The highest BCUT2D eigenvalue weighted by molar-refractivity contribution is 6.07. The van der Waals surface area contributed by atoms with Crippen LogP contribution < -0.4 is 0 Å². The molecule has 2 aliphatic rings. The average Bonchev–Trinajstić information content (AvgIpc) is 2.88. The second kappa shape index (κ2) is 9.83. The zero-order chi connectivity index (χ0) is 23.7. The predicted molar refractivity (Wildman–Crippen MR) is 138 cm³/mol. The van der Waals surface area contributed by atoms with Crippen LogP contribution in [0.15, 0.2) is 48.8 Å². The lowest BCUT2D eigenvalue weighted by Crippen LogP contribution is -2.51. The lowest BCUT2D eigenvalue weighted by Gasteiger charge is -2.45. The van der Waals surface area contributed by atoms with E-state index >= 15 is 0 Å². The molecule has 1 amide bonds. The monoisotopic (exact) mass is 456 g/mol. The summed E-state index contributed by atoms with van der Waals surface area (Å²) in [6, 6.07) is 12.9. The Morgan fingerprint density at radius 1 is 1.06 bits per heavy atom. The molecule has 5 nitrogen and oxygen atoms in total. The molecule has 0 spiro atoms. The number of piperidine rings is 2. The van der Waals surface area contributed by atoms with Gasteiger partial charge in [-0.25, -0.2) is 4.98 Å². The summed E-state index contributed by atoms with van der Waals surface area (Å²) in [4.78, 5) is 27.6. The Balaban J connectivity index is 1.50. The van der Waals surface area contributed by atoms with Crippen molar-refractivity contribution in [2.24, 2.45) is 5.92 Å². The van der Waals surface area contributed by atoms with Gasteiger partial charge in [0.1, 0.15) is 0 Å². The summed E-state index contributed by atoms with van der Waals surface area (Å²) < 4.78 is 0. The Morgan fingerprint density at radius 3 is 2.65 bits per heavy atom. The quantitative estimate of drug-likeness (QED) is 0.490. The van der Waals surface area contributed by atoms with Gasteiger partial charge in [-0.15, -0.1) is 0 Å². The third-order valence-corrected chi connectivity index (χ3v) is 7.79. The fraction of sp³-hybridized carbons (Fsp3) is 0.483. The second-order valence-corrected chi connectivity index (χ2v) is 10.4. The van der Waals surface area contributed by atoms with Gasteiger partial charge in [0.15, 0.2) is 0 Å². The molecule has 1 aromatic carbocycles. The predicted octanol–water partition coefficient (Wildman–Crippen LogP) is 5.76. The number of rotatable bonds is 5. The molecule has 0 bridgehead atoms. The first kappa shape index (κ1) is 23.0. The molecule has 5 rings (SSSR count). The topological polar surface area (TPSA) is 49.3 Å². The molecule has 2 aromatic heterocycles. The van der Waals surface area contributed by atoms with Crippen molar-refractivity contribution in [3.8, 4) is 11.3 Å². The minimum absolute atomic E-state index is 0.0940. The molecule has 2 saturated heterocycles. The van der Waals surface area contributed by atoms with Gasteiger partial charge in [0.25, 0.3) is 5.91 Å². The van der Waals surface area contributed by atoms with E-state index in [1.807, 2.05) is 30.1 Å². The van der Waals surface area contributed by atoms with E-state index in [9.17, 15) is 4.79 Å². The van der Waals surface area contributed by atoms with Crippen LogP contribution in [0.2, 0.25) is 0 Å². The van der Waals surface area contributed by atoms with Crippen molar-refractivity contribution < 1.29 is 4.79 Å². The van der Waals surface area contributed by atoms with Crippen LogP contribution in [0.3, 0.4) is 0 Å². The van der Waals surface area contributed by atoms with Crippen molar-refractivity contribution in [3.63, 3.8) is 0 Å². The van der Waals surface area contributed by atoms with Gasteiger partial charge >= 0.3 is 0 Å². The van der Waals surface area contributed by atoms with Crippen molar-refractivity contribution in [2.75, 3.05) is 26.7 Å². The summed E-state index contributed by atoms with van der Waals surface area (Å²) >= 11 is 0. The highest BCUT2D eigenvalue weighted by Gasteiger charge is 2.34. The second-order valence-electron chi connectivity index (χ2n) is 10.4.